The topological polar surface area (TPSA) is 91.3 Å². The average Bonchev–Trinajstić information content (AvgIpc) is 3.34. The number of ketones is 1. The van der Waals surface area contributed by atoms with Gasteiger partial charge in [0.25, 0.3) is 0 Å². The molecule has 1 aliphatic heterocycles. The highest BCUT2D eigenvalue weighted by molar-refractivity contribution is 6.03. The van der Waals surface area contributed by atoms with Crippen molar-refractivity contribution in [1.82, 2.24) is 0 Å². The summed E-state index contributed by atoms with van der Waals surface area (Å²) in [5, 5.41) is 11.1. The number of benzene rings is 3. The molecule has 0 aliphatic carbocycles. The molecule has 7 nitrogen and oxygen atoms in total. The second kappa shape index (κ2) is 10.2. The summed E-state index contributed by atoms with van der Waals surface area (Å²) in [6.45, 7) is 1.96. The lowest BCUT2D eigenvalue weighted by Crippen LogP contribution is -2.33. The number of rotatable bonds is 9. The first-order valence-electron chi connectivity index (χ1n) is 10.6. The number of esters is 1. The Bertz CT molecular complexity index is 1130. The molecule has 0 radical (unpaired) electrons. The minimum Gasteiger partial charge on any atom is -0.488 e. The van der Waals surface area contributed by atoms with E-state index < -0.39 is 24.0 Å². The Morgan fingerprint density at radius 3 is 2.48 bits per heavy atom. The largest absolute Gasteiger partial charge is 0.488 e. The molecule has 0 amide bonds. The predicted molar refractivity (Wildman–Crippen MR) is 119 cm³/mol. The van der Waals surface area contributed by atoms with E-state index in [1.807, 2.05) is 30.3 Å². The number of hydrogen-bond donors (Lipinski definition) is 1. The maximum Gasteiger partial charge on any atom is 0.306 e. The van der Waals surface area contributed by atoms with Crippen molar-refractivity contribution >= 4 is 11.8 Å². The number of ether oxygens (including phenoxy) is 4. The number of hydrogen-bond acceptors (Lipinski definition) is 7. The van der Waals surface area contributed by atoms with Gasteiger partial charge in [-0.05, 0) is 35.4 Å². The van der Waals surface area contributed by atoms with Crippen molar-refractivity contribution in [3.63, 3.8) is 0 Å². The molecular formula is C26H24O7. The smallest absolute Gasteiger partial charge is 0.306 e. The van der Waals surface area contributed by atoms with Crippen LogP contribution >= 0.6 is 0 Å². The highest BCUT2D eigenvalue weighted by Gasteiger charge is 2.34. The fourth-order valence-corrected chi connectivity index (χ4v) is 3.44. The van der Waals surface area contributed by atoms with Crippen LogP contribution in [-0.2, 0) is 16.1 Å². The lowest BCUT2D eigenvalue weighted by molar-refractivity contribution is -0.151. The number of para-hydroxylation sites is 1. The third-order valence-electron chi connectivity index (χ3n) is 5.22. The highest BCUT2D eigenvalue weighted by Crippen LogP contribution is 2.36. The van der Waals surface area contributed by atoms with E-state index >= 15 is 0 Å². The summed E-state index contributed by atoms with van der Waals surface area (Å²) in [4.78, 5) is 25.6. The van der Waals surface area contributed by atoms with Crippen LogP contribution < -0.4 is 14.2 Å². The quantitative estimate of drug-likeness (QED) is 0.387. The van der Waals surface area contributed by atoms with Gasteiger partial charge >= 0.3 is 5.97 Å². The van der Waals surface area contributed by atoms with Crippen molar-refractivity contribution in [2.45, 2.75) is 32.2 Å². The molecule has 0 spiro atoms. The summed E-state index contributed by atoms with van der Waals surface area (Å²) in [6.07, 6.45) is -2.81. The van der Waals surface area contributed by atoms with Crippen molar-refractivity contribution < 1.29 is 33.6 Å². The molecule has 1 N–H and O–H groups in total. The molecule has 3 aromatic carbocycles. The number of aliphatic hydroxyl groups excluding tert-OH is 1. The molecule has 33 heavy (non-hydrogen) atoms. The van der Waals surface area contributed by atoms with Crippen LogP contribution in [0.1, 0.15) is 40.9 Å². The van der Waals surface area contributed by atoms with Gasteiger partial charge in [0.05, 0.1) is 5.56 Å². The monoisotopic (exact) mass is 448 g/mol. The Labute approximate surface area is 191 Å². The SMILES string of the molecule is CCC(=O)OC(C(=O)c1ccccc1OCc1ccccc1)C(O)c1ccc2c(c1)OCO2. The summed E-state index contributed by atoms with van der Waals surface area (Å²) in [5.41, 5.74) is 1.51. The molecule has 7 heteroatoms. The normalized spacial score (nSPS) is 13.8. The summed E-state index contributed by atoms with van der Waals surface area (Å²) in [6, 6.07) is 21.1. The van der Waals surface area contributed by atoms with Crippen LogP contribution in [0.25, 0.3) is 0 Å². The third-order valence-corrected chi connectivity index (χ3v) is 5.22. The van der Waals surface area contributed by atoms with Crippen LogP contribution in [0.4, 0.5) is 0 Å². The zero-order valence-electron chi connectivity index (χ0n) is 18.1. The van der Waals surface area contributed by atoms with Gasteiger partial charge in [-0.25, -0.2) is 0 Å². The molecule has 4 rings (SSSR count). The van der Waals surface area contributed by atoms with Gasteiger partial charge in [-0.3, -0.25) is 9.59 Å². The number of carbonyl (C=O) groups is 2. The molecule has 0 saturated heterocycles. The Morgan fingerprint density at radius 1 is 0.970 bits per heavy atom. The van der Waals surface area contributed by atoms with Crippen LogP contribution in [0, 0.1) is 0 Å². The molecular weight excluding hydrogens is 424 g/mol. The molecule has 2 atom stereocenters. The molecule has 2 unspecified atom stereocenters. The van der Waals surface area contributed by atoms with Crippen molar-refractivity contribution in [3.8, 4) is 17.2 Å². The van der Waals surface area contributed by atoms with Crippen LogP contribution in [0.15, 0.2) is 72.8 Å². The van der Waals surface area contributed by atoms with Gasteiger partial charge in [0.1, 0.15) is 18.5 Å². The van der Waals surface area contributed by atoms with E-state index in [2.05, 4.69) is 0 Å². The molecule has 3 aromatic rings. The van der Waals surface area contributed by atoms with E-state index in [1.54, 1.807) is 49.4 Å². The van der Waals surface area contributed by atoms with E-state index in [4.69, 9.17) is 18.9 Å². The average molecular weight is 448 g/mol. The minimum absolute atomic E-state index is 0.0593. The van der Waals surface area contributed by atoms with Crippen molar-refractivity contribution in [2.75, 3.05) is 6.79 Å². The number of aliphatic hydroxyl groups is 1. The second-order valence-corrected chi connectivity index (χ2v) is 7.46. The molecule has 0 saturated carbocycles. The Hall–Kier alpha value is -3.84. The Balaban J connectivity index is 1.61. The minimum atomic E-state index is -1.46. The zero-order valence-corrected chi connectivity index (χ0v) is 18.1. The van der Waals surface area contributed by atoms with Gasteiger partial charge in [0.15, 0.2) is 17.6 Å². The molecule has 1 aliphatic rings. The summed E-state index contributed by atoms with van der Waals surface area (Å²) in [5.74, 6) is 0.161. The van der Waals surface area contributed by atoms with Crippen molar-refractivity contribution in [3.05, 3.63) is 89.5 Å². The van der Waals surface area contributed by atoms with Gasteiger partial charge in [0.2, 0.25) is 12.6 Å². The number of fused-ring (bicyclic) bond motifs is 1. The predicted octanol–water partition coefficient (Wildman–Crippen LogP) is 4.23. The highest BCUT2D eigenvalue weighted by atomic mass is 16.7. The van der Waals surface area contributed by atoms with Gasteiger partial charge in [-0.2, -0.15) is 0 Å². The van der Waals surface area contributed by atoms with Crippen molar-refractivity contribution in [1.29, 1.82) is 0 Å². The second-order valence-electron chi connectivity index (χ2n) is 7.46. The van der Waals surface area contributed by atoms with Gasteiger partial charge in [-0.1, -0.05) is 55.5 Å². The lowest BCUT2D eigenvalue weighted by atomic mass is 9.96. The van der Waals surface area contributed by atoms with Crippen LogP contribution in [-0.4, -0.2) is 29.8 Å². The number of carbonyl (C=O) groups excluding carboxylic acids is 2. The van der Waals surface area contributed by atoms with E-state index in [-0.39, 0.29) is 25.4 Å². The van der Waals surface area contributed by atoms with E-state index in [9.17, 15) is 14.7 Å². The van der Waals surface area contributed by atoms with E-state index in [1.165, 1.54) is 0 Å². The van der Waals surface area contributed by atoms with Crippen molar-refractivity contribution in [2.24, 2.45) is 0 Å². The molecule has 0 fully saturated rings. The number of Topliss-reactive ketones (excluding diaryl/α,β-unsaturated/α-hetero) is 1. The first-order valence-corrected chi connectivity index (χ1v) is 10.6. The Kier molecular flexibility index (Phi) is 6.90. The fraction of sp³-hybridized carbons (Fsp3) is 0.231. The van der Waals surface area contributed by atoms with Gasteiger partial charge < -0.3 is 24.1 Å². The van der Waals surface area contributed by atoms with Crippen LogP contribution in [0.3, 0.4) is 0 Å². The van der Waals surface area contributed by atoms with E-state index in [0.29, 0.717) is 22.8 Å². The maximum atomic E-state index is 13.5. The standard InChI is InChI=1S/C26H24O7/c1-2-23(27)33-26(24(28)18-12-13-21-22(14-18)32-16-31-21)25(29)19-10-6-7-11-20(19)30-15-17-8-4-3-5-9-17/h3-14,24,26,28H,2,15-16H2,1H3. The summed E-state index contributed by atoms with van der Waals surface area (Å²) in [7, 11) is 0. The summed E-state index contributed by atoms with van der Waals surface area (Å²) < 4.78 is 22.0. The lowest BCUT2D eigenvalue weighted by Gasteiger charge is -2.23. The third kappa shape index (κ3) is 5.15. The first kappa shape index (κ1) is 22.4. The van der Waals surface area contributed by atoms with Gasteiger partial charge in [0, 0.05) is 6.42 Å². The first-order chi connectivity index (χ1) is 16.1. The molecule has 170 valence electrons. The maximum absolute atomic E-state index is 13.5. The Morgan fingerprint density at radius 2 is 1.70 bits per heavy atom. The van der Waals surface area contributed by atoms with Crippen LogP contribution in [0.5, 0.6) is 17.2 Å². The molecule has 0 bridgehead atoms. The molecule has 1 heterocycles. The zero-order chi connectivity index (χ0) is 23.2. The fourth-order valence-electron chi connectivity index (χ4n) is 3.44. The van der Waals surface area contributed by atoms with Gasteiger partial charge in [-0.15, -0.1) is 0 Å². The van der Waals surface area contributed by atoms with Crippen LogP contribution in [0.2, 0.25) is 0 Å². The summed E-state index contributed by atoms with van der Waals surface area (Å²) >= 11 is 0. The molecule has 0 aromatic heterocycles. The van der Waals surface area contributed by atoms with E-state index in [0.717, 1.165) is 5.56 Å².